The Hall–Kier alpha value is -1.78. The first-order chi connectivity index (χ1) is 11.5. The van der Waals surface area contributed by atoms with E-state index >= 15 is 0 Å². The summed E-state index contributed by atoms with van der Waals surface area (Å²) in [7, 11) is 0.884. The fraction of sp³-hybridized carbons (Fsp3) is 0.733. The molecule has 0 aromatic heterocycles. The van der Waals surface area contributed by atoms with Gasteiger partial charge in [-0.3, -0.25) is 4.79 Å². The Bertz CT molecular complexity index is 576. The van der Waals surface area contributed by atoms with Gasteiger partial charge in [0.05, 0.1) is 5.60 Å². The van der Waals surface area contributed by atoms with Crippen molar-refractivity contribution in [3.8, 4) is 0 Å². The first-order valence-corrected chi connectivity index (χ1v) is 7.53. The number of amides is 1. The third kappa shape index (κ3) is 5.61. The van der Waals surface area contributed by atoms with Gasteiger partial charge in [0.25, 0.3) is 0 Å². The van der Waals surface area contributed by atoms with E-state index in [4.69, 9.17) is 4.74 Å². The Morgan fingerprint density at radius 1 is 1.08 bits per heavy atom. The van der Waals surface area contributed by atoms with E-state index in [1.54, 1.807) is 0 Å². The maximum Gasteiger partial charge on any atom is 0.471 e. The summed E-state index contributed by atoms with van der Waals surface area (Å²) in [5, 5.41) is 10.4. The molecule has 0 atom stereocenters. The van der Waals surface area contributed by atoms with E-state index in [0.29, 0.717) is 4.90 Å². The Balaban J connectivity index is 2.68. The first-order valence-electron chi connectivity index (χ1n) is 7.53. The molecule has 5 nitrogen and oxygen atoms in total. The second-order valence-corrected chi connectivity index (χ2v) is 6.70. The zero-order chi connectivity index (χ0) is 20.6. The van der Waals surface area contributed by atoms with Crippen molar-refractivity contribution in [1.82, 2.24) is 4.90 Å². The van der Waals surface area contributed by atoms with Crippen LogP contribution in [0.1, 0.15) is 32.6 Å². The lowest BCUT2D eigenvalue weighted by Crippen LogP contribution is -2.52. The molecule has 0 bridgehead atoms. The molecule has 1 aliphatic carbocycles. The molecule has 0 radical (unpaired) electrons. The van der Waals surface area contributed by atoms with Crippen LogP contribution in [0.25, 0.3) is 0 Å². The van der Waals surface area contributed by atoms with Crippen LogP contribution in [0.2, 0.25) is 0 Å². The van der Waals surface area contributed by atoms with Crippen molar-refractivity contribution in [1.29, 1.82) is 0 Å². The predicted octanol–water partition coefficient (Wildman–Crippen LogP) is 2.73. The van der Waals surface area contributed by atoms with E-state index in [9.17, 15) is 41.0 Å². The number of hydrogen-bond acceptors (Lipinski definition) is 4. The van der Waals surface area contributed by atoms with Crippen LogP contribution < -0.4 is 0 Å². The second-order valence-electron chi connectivity index (χ2n) is 6.70. The Kier molecular flexibility index (Phi) is 6.07. The number of carbonyl (C=O) groups excluding carboxylic acids is 2. The van der Waals surface area contributed by atoms with Crippen molar-refractivity contribution in [3.05, 3.63) is 12.2 Å². The lowest BCUT2D eigenvalue weighted by molar-refractivity contribution is -0.189. The lowest BCUT2D eigenvalue weighted by atomic mass is 9.76. The Morgan fingerprint density at radius 3 is 1.92 bits per heavy atom. The second kappa shape index (κ2) is 7.09. The summed E-state index contributed by atoms with van der Waals surface area (Å²) in [5.74, 6) is -3.76. The SMILES string of the molecule is C=C(C(=O)OC1(C)CCC(O)(CN(C)C(=O)C(F)(F)F)CC1)C(F)(F)F. The highest BCUT2D eigenvalue weighted by molar-refractivity contribution is 5.89. The molecule has 0 aliphatic heterocycles. The number of carbonyl (C=O) groups is 2. The average molecular weight is 391 g/mol. The maximum atomic E-state index is 12.4. The first kappa shape index (κ1) is 22.3. The lowest BCUT2D eigenvalue weighted by Gasteiger charge is -2.43. The fourth-order valence-electron chi connectivity index (χ4n) is 2.64. The van der Waals surface area contributed by atoms with Crippen LogP contribution in [0.5, 0.6) is 0 Å². The Morgan fingerprint density at radius 2 is 1.54 bits per heavy atom. The van der Waals surface area contributed by atoms with Crippen molar-refractivity contribution in [2.75, 3.05) is 13.6 Å². The van der Waals surface area contributed by atoms with E-state index in [2.05, 4.69) is 6.58 Å². The molecular weight excluding hydrogens is 372 g/mol. The number of ether oxygens (including phenoxy) is 1. The number of likely N-dealkylation sites (N-methyl/N-ethyl adjacent to an activating group) is 1. The number of aliphatic hydroxyl groups is 1. The van der Waals surface area contributed by atoms with Crippen molar-refractivity contribution < 1.29 is 45.8 Å². The normalized spacial score (nSPS) is 27.0. The average Bonchev–Trinajstić information content (AvgIpc) is 2.47. The summed E-state index contributed by atoms with van der Waals surface area (Å²) in [4.78, 5) is 23.0. The van der Waals surface area contributed by atoms with Crippen LogP contribution >= 0.6 is 0 Å². The van der Waals surface area contributed by atoms with Crippen LogP contribution in [-0.4, -0.2) is 59.0 Å². The highest BCUT2D eigenvalue weighted by Gasteiger charge is 2.47. The van der Waals surface area contributed by atoms with Crippen molar-refractivity contribution in [2.45, 2.75) is 56.2 Å². The minimum Gasteiger partial charge on any atom is -0.456 e. The van der Waals surface area contributed by atoms with Gasteiger partial charge in [0.15, 0.2) is 0 Å². The zero-order valence-corrected chi connectivity index (χ0v) is 14.1. The molecular formula is C15H19F6NO4. The summed E-state index contributed by atoms with van der Waals surface area (Å²) in [6.07, 6.45) is -10.5. The van der Waals surface area contributed by atoms with Gasteiger partial charge < -0.3 is 14.7 Å². The van der Waals surface area contributed by atoms with Gasteiger partial charge in [-0.15, -0.1) is 0 Å². The quantitative estimate of drug-likeness (QED) is 0.455. The molecule has 0 heterocycles. The molecule has 1 fully saturated rings. The molecule has 1 saturated carbocycles. The topological polar surface area (TPSA) is 66.8 Å². The monoisotopic (exact) mass is 391 g/mol. The van der Waals surface area contributed by atoms with Gasteiger partial charge in [-0.1, -0.05) is 6.58 Å². The molecule has 1 aliphatic rings. The van der Waals surface area contributed by atoms with Gasteiger partial charge in [-0.2, -0.15) is 26.3 Å². The number of hydrogen-bond donors (Lipinski definition) is 1. The van der Waals surface area contributed by atoms with Gasteiger partial charge in [0, 0.05) is 13.6 Å². The molecule has 11 heteroatoms. The maximum absolute atomic E-state index is 12.4. The smallest absolute Gasteiger partial charge is 0.456 e. The molecule has 1 amide bonds. The molecule has 0 saturated heterocycles. The van der Waals surface area contributed by atoms with E-state index in [-0.39, 0.29) is 25.7 Å². The zero-order valence-electron chi connectivity index (χ0n) is 14.1. The predicted molar refractivity (Wildman–Crippen MR) is 76.8 cm³/mol. The Labute approximate surface area is 145 Å². The van der Waals surface area contributed by atoms with E-state index in [1.165, 1.54) is 6.92 Å². The number of nitrogens with zero attached hydrogens (tertiary/aromatic N) is 1. The minimum atomic E-state index is -5.08. The van der Waals surface area contributed by atoms with Crippen LogP contribution in [0.3, 0.4) is 0 Å². The van der Waals surface area contributed by atoms with Gasteiger partial charge in [-0.25, -0.2) is 4.79 Å². The number of alkyl halides is 6. The highest BCUT2D eigenvalue weighted by atomic mass is 19.4. The summed E-state index contributed by atoms with van der Waals surface area (Å²) >= 11 is 0. The molecule has 1 N–H and O–H groups in total. The highest BCUT2D eigenvalue weighted by Crippen LogP contribution is 2.39. The molecule has 0 spiro atoms. The molecule has 26 heavy (non-hydrogen) atoms. The van der Waals surface area contributed by atoms with E-state index in [0.717, 1.165) is 7.05 Å². The van der Waals surface area contributed by atoms with Crippen molar-refractivity contribution in [3.63, 3.8) is 0 Å². The van der Waals surface area contributed by atoms with Crippen LogP contribution in [0.15, 0.2) is 12.2 Å². The molecule has 0 aromatic rings. The van der Waals surface area contributed by atoms with Crippen LogP contribution in [0.4, 0.5) is 26.3 Å². The van der Waals surface area contributed by atoms with Gasteiger partial charge in [0.2, 0.25) is 0 Å². The molecule has 1 rings (SSSR count). The molecule has 0 unspecified atom stereocenters. The summed E-state index contributed by atoms with van der Waals surface area (Å²) < 4.78 is 79.3. The number of halogens is 6. The molecule has 0 aromatic carbocycles. The third-order valence-corrected chi connectivity index (χ3v) is 4.29. The third-order valence-electron chi connectivity index (χ3n) is 4.29. The van der Waals surface area contributed by atoms with Crippen LogP contribution in [0, 0.1) is 0 Å². The standard InChI is InChI=1S/C15H19F6NO4/c1-9(14(16,17)18)10(23)26-12(2)4-6-13(25,7-5-12)8-22(3)11(24)15(19,20)21/h25H,1,4-8H2,2-3H3. The number of esters is 1. The minimum absolute atomic E-state index is 0.0889. The van der Waals surface area contributed by atoms with E-state index in [1.807, 2.05) is 0 Å². The summed E-state index contributed by atoms with van der Waals surface area (Å²) in [6, 6.07) is 0. The van der Waals surface area contributed by atoms with Crippen molar-refractivity contribution >= 4 is 11.9 Å². The van der Waals surface area contributed by atoms with Crippen LogP contribution in [-0.2, 0) is 14.3 Å². The van der Waals surface area contributed by atoms with E-state index < -0.39 is 47.5 Å². The summed E-state index contributed by atoms with van der Waals surface area (Å²) in [5.41, 5.74) is -4.66. The summed E-state index contributed by atoms with van der Waals surface area (Å²) in [6.45, 7) is 3.39. The van der Waals surface area contributed by atoms with Gasteiger partial charge in [0.1, 0.15) is 11.2 Å². The molecule has 150 valence electrons. The number of rotatable bonds is 4. The fourth-order valence-corrected chi connectivity index (χ4v) is 2.64. The van der Waals surface area contributed by atoms with Crippen molar-refractivity contribution in [2.24, 2.45) is 0 Å². The van der Waals surface area contributed by atoms with Gasteiger partial charge in [-0.05, 0) is 32.6 Å². The largest absolute Gasteiger partial charge is 0.471 e. The van der Waals surface area contributed by atoms with Gasteiger partial charge >= 0.3 is 24.2 Å².